The number of halogens is 1. The molecule has 6 nitrogen and oxygen atoms in total. The van der Waals surface area contributed by atoms with Crippen LogP contribution in [-0.4, -0.2) is 16.6 Å². The highest BCUT2D eigenvalue weighted by Crippen LogP contribution is 2.31. The Hall–Kier alpha value is -2.90. The van der Waals surface area contributed by atoms with Crippen LogP contribution in [0.4, 0.5) is 0 Å². The molecular weight excluding hydrogens is 424 g/mol. The lowest BCUT2D eigenvalue weighted by Gasteiger charge is -2.25. The second-order valence-electron chi connectivity index (χ2n) is 7.10. The molecule has 0 saturated heterocycles. The fourth-order valence-corrected chi connectivity index (χ4v) is 4.48. The average molecular weight is 443 g/mol. The van der Waals surface area contributed by atoms with Crippen LogP contribution in [-0.2, 0) is 9.53 Å². The zero-order valence-electron chi connectivity index (χ0n) is 16.6. The van der Waals surface area contributed by atoms with Crippen molar-refractivity contribution in [2.75, 3.05) is 0 Å². The van der Waals surface area contributed by atoms with E-state index in [1.807, 2.05) is 0 Å². The van der Waals surface area contributed by atoms with Crippen molar-refractivity contribution < 1.29 is 13.9 Å². The van der Waals surface area contributed by atoms with Crippen molar-refractivity contribution in [3.8, 4) is 0 Å². The van der Waals surface area contributed by atoms with Gasteiger partial charge < -0.3 is 9.15 Å². The summed E-state index contributed by atoms with van der Waals surface area (Å²) in [5.41, 5.74) is 1.35. The van der Waals surface area contributed by atoms with E-state index in [1.165, 1.54) is 15.9 Å². The lowest BCUT2D eigenvalue weighted by molar-refractivity contribution is -0.143. The Morgan fingerprint density at radius 3 is 2.67 bits per heavy atom. The zero-order valence-corrected chi connectivity index (χ0v) is 18.2. The van der Waals surface area contributed by atoms with E-state index in [0.29, 0.717) is 31.4 Å². The van der Waals surface area contributed by atoms with E-state index in [1.54, 1.807) is 69.5 Å². The Labute approximate surface area is 181 Å². The minimum atomic E-state index is -0.663. The maximum absolute atomic E-state index is 13.3. The summed E-state index contributed by atoms with van der Waals surface area (Å²) in [6, 6.07) is 9.93. The van der Waals surface area contributed by atoms with E-state index < -0.39 is 12.0 Å². The van der Waals surface area contributed by atoms with Gasteiger partial charge in [-0.1, -0.05) is 35.1 Å². The summed E-state index contributed by atoms with van der Waals surface area (Å²) >= 11 is 7.31. The van der Waals surface area contributed by atoms with Gasteiger partial charge in [0.15, 0.2) is 4.80 Å². The van der Waals surface area contributed by atoms with Crippen molar-refractivity contribution in [1.82, 2.24) is 4.57 Å². The molecule has 1 unspecified atom stereocenters. The molecule has 30 heavy (non-hydrogen) atoms. The lowest BCUT2D eigenvalue weighted by atomic mass is 9.96. The van der Waals surface area contributed by atoms with E-state index >= 15 is 0 Å². The molecule has 0 amide bonds. The van der Waals surface area contributed by atoms with Crippen LogP contribution in [0, 0.1) is 0 Å². The molecule has 2 aromatic heterocycles. The summed E-state index contributed by atoms with van der Waals surface area (Å²) in [6.45, 7) is 5.32. The van der Waals surface area contributed by atoms with Gasteiger partial charge in [0, 0.05) is 11.1 Å². The topological polar surface area (TPSA) is 73.8 Å². The van der Waals surface area contributed by atoms with Gasteiger partial charge >= 0.3 is 5.97 Å². The van der Waals surface area contributed by atoms with Crippen LogP contribution in [0.5, 0.6) is 0 Å². The third-order valence-electron chi connectivity index (χ3n) is 4.59. The summed E-state index contributed by atoms with van der Waals surface area (Å²) in [5.74, 6) is 0.0741. The number of fused-ring (bicyclic) bond motifs is 1. The van der Waals surface area contributed by atoms with Crippen LogP contribution in [0.15, 0.2) is 68.1 Å². The number of nitrogens with zero attached hydrogens (tertiary/aromatic N) is 2. The van der Waals surface area contributed by atoms with Gasteiger partial charge in [0.2, 0.25) is 0 Å². The molecule has 154 valence electrons. The van der Waals surface area contributed by atoms with Gasteiger partial charge in [-0.3, -0.25) is 9.36 Å². The minimum absolute atomic E-state index is 0.252. The zero-order chi connectivity index (χ0) is 21.4. The third-order valence-corrected chi connectivity index (χ3v) is 5.82. The Morgan fingerprint density at radius 2 is 2.03 bits per heavy atom. The third kappa shape index (κ3) is 3.78. The predicted molar refractivity (Wildman–Crippen MR) is 115 cm³/mol. The summed E-state index contributed by atoms with van der Waals surface area (Å²) in [5, 5.41) is 0.566. The first-order chi connectivity index (χ1) is 14.3. The molecule has 0 bridgehead atoms. The standard InChI is InChI=1S/C22H19ClN2O4S/c1-12(2)29-21(27)18-13(3)24-22-25(19(18)14-6-8-15(23)9-7-14)20(26)17(30-22)11-16-5-4-10-28-16/h4-12,19H,1-3H3. The number of hydrogen-bond acceptors (Lipinski definition) is 6. The van der Waals surface area contributed by atoms with Crippen molar-refractivity contribution >= 4 is 35.0 Å². The number of carbonyl (C=O) groups is 1. The average Bonchev–Trinajstić information content (AvgIpc) is 3.29. The number of rotatable bonds is 4. The largest absolute Gasteiger partial charge is 0.465 e. The first kappa shape index (κ1) is 20.4. The number of hydrogen-bond donors (Lipinski definition) is 0. The van der Waals surface area contributed by atoms with E-state index in [-0.39, 0.29) is 11.7 Å². The summed E-state index contributed by atoms with van der Waals surface area (Å²) in [7, 11) is 0. The van der Waals surface area contributed by atoms with Crippen molar-refractivity contribution in [1.29, 1.82) is 0 Å². The maximum Gasteiger partial charge on any atom is 0.338 e. The molecule has 0 radical (unpaired) electrons. The number of allylic oxidation sites excluding steroid dienone is 1. The molecule has 0 saturated carbocycles. The molecule has 1 atom stereocenters. The second kappa shape index (κ2) is 8.08. The number of ether oxygens (including phenoxy) is 1. The minimum Gasteiger partial charge on any atom is -0.465 e. The fourth-order valence-electron chi connectivity index (χ4n) is 3.32. The Morgan fingerprint density at radius 1 is 1.30 bits per heavy atom. The molecule has 0 aliphatic carbocycles. The monoisotopic (exact) mass is 442 g/mol. The number of benzene rings is 1. The Balaban J connectivity index is 1.95. The highest BCUT2D eigenvalue weighted by molar-refractivity contribution is 7.07. The van der Waals surface area contributed by atoms with Gasteiger partial charge in [0.25, 0.3) is 5.56 Å². The quantitative estimate of drug-likeness (QED) is 0.580. The summed E-state index contributed by atoms with van der Waals surface area (Å²) in [6.07, 6.45) is 2.92. The normalized spacial score (nSPS) is 16.6. The predicted octanol–water partition coefficient (Wildman–Crippen LogP) is 3.43. The van der Waals surface area contributed by atoms with E-state index in [9.17, 15) is 9.59 Å². The second-order valence-corrected chi connectivity index (χ2v) is 8.55. The van der Waals surface area contributed by atoms with Crippen molar-refractivity contribution in [2.24, 2.45) is 4.99 Å². The number of thiazole rings is 1. The van der Waals surface area contributed by atoms with Crippen molar-refractivity contribution in [3.63, 3.8) is 0 Å². The molecule has 8 heteroatoms. The molecule has 1 aliphatic heterocycles. The van der Waals surface area contributed by atoms with E-state index in [0.717, 1.165) is 5.56 Å². The van der Waals surface area contributed by atoms with E-state index in [4.69, 9.17) is 20.8 Å². The molecule has 3 heterocycles. The highest BCUT2D eigenvalue weighted by atomic mass is 35.5. The van der Waals surface area contributed by atoms with E-state index in [2.05, 4.69) is 4.99 Å². The molecule has 3 aromatic rings. The molecule has 1 aromatic carbocycles. The molecular formula is C22H19ClN2O4S. The van der Waals surface area contributed by atoms with Crippen molar-refractivity contribution in [2.45, 2.75) is 32.9 Å². The lowest BCUT2D eigenvalue weighted by Crippen LogP contribution is -2.40. The van der Waals surface area contributed by atoms with Gasteiger partial charge in [-0.15, -0.1) is 0 Å². The smallest absolute Gasteiger partial charge is 0.338 e. The molecule has 4 rings (SSSR count). The number of esters is 1. The fraction of sp³-hybridized carbons (Fsp3) is 0.227. The molecule has 0 N–H and O–H groups in total. The first-order valence-electron chi connectivity index (χ1n) is 9.37. The van der Waals surface area contributed by atoms with Gasteiger partial charge in [0.1, 0.15) is 5.76 Å². The highest BCUT2D eigenvalue weighted by Gasteiger charge is 2.33. The van der Waals surface area contributed by atoms with Crippen LogP contribution >= 0.6 is 22.9 Å². The Kier molecular flexibility index (Phi) is 5.49. The summed E-state index contributed by atoms with van der Waals surface area (Å²) < 4.78 is 12.8. The van der Waals surface area contributed by atoms with Gasteiger partial charge in [-0.2, -0.15) is 0 Å². The van der Waals surface area contributed by atoms with Gasteiger partial charge in [-0.05, 0) is 50.6 Å². The van der Waals surface area contributed by atoms with Crippen molar-refractivity contribution in [3.05, 3.63) is 90.0 Å². The van der Waals surface area contributed by atoms with Crippen LogP contribution in [0.1, 0.15) is 38.1 Å². The number of aromatic nitrogens is 1. The van der Waals surface area contributed by atoms with Crippen LogP contribution < -0.4 is 14.9 Å². The van der Waals surface area contributed by atoms with Crippen LogP contribution in [0.3, 0.4) is 0 Å². The maximum atomic E-state index is 13.3. The molecule has 1 aliphatic rings. The Bertz CT molecular complexity index is 1300. The first-order valence-corrected chi connectivity index (χ1v) is 10.6. The van der Waals surface area contributed by atoms with Crippen LogP contribution in [0.2, 0.25) is 5.02 Å². The number of carbonyl (C=O) groups excluding carboxylic acids is 1. The SMILES string of the molecule is CC1=C(C(=O)OC(C)C)C(c2ccc(Cl)cc2)n2c(sc(=Cc3ccco3)c2=O)=N1. The van der Waals surface area contributed by atoms with Crippen LogP contribution in [0.25, 0.3) is 6.08 Å². The molecule has 0 spiro atoms. The van der Waals surface area contributed by atoms with Gasteiger partial charge in [-0.25, -0.2) is 9.79 Å². The van der Waals surface area contributed by atoms with Gasteiger partial charge in [0.05, 0.1) is 34.2 Å². The molecule has 0 fully saturated rings. The number of furan rings is 1. The summed E-state index contributed by atoms with van der Waals surface area (Å²) in [4.78, 5) is 31.3.